The molecule has 0 fully saturated rings. The second-order valence-electron chi connectivity index (χ2n) is 5.31. The minimum Gasteiger partial charge on any atom is -0.328 e. The number of para-hydroxylation sites is 1. The van der Waals surface area contributed by atoms with E-state index in [1.165, 1.54) is 11.5 Å². The van der Waals surface area contributed by atoms with Gasteiger partial charge in [-0.15, -0.1) is 0 Å². The fourth-order valence-electron chi connectivity index (χ4n) is 2.21. The van der Waals surface area contributed by atoms with Crippen LogP contribution >= 0.6 is 0 Å². The number of amides is 2. The molecule has 0 bridgehead atoms. The van der Waals surface area contributed by atoms with Crippen molar-refractivity contribution in [2.24, 2.45) is 11.5 Å². The van der Waals surface area contributed by atoms with Crippen molar-refractivity contribution < 1.29 is 9.59 Å². The zero-order valence-electron chi connectivity index (χ0n) is 12.2. The first-order valence-electron chi connectivity index (χ1n) is 6.85. The molecule has 112 valence electrons. The maximum absolute atomic E-state index is 12.2. The van der Waals surface area contributed by atoms with E-state index in [4.69, 9.17) is 11.5 Å². The number of benzene rings is 1. The molecule has 0 unspecified atom stereocenters. The summed E-state index contributed by atoms with van der Waals surface area (Å²) in [5.41, 5.74) is 13.0. The van der Waals surface area contributed by atoms with E-state index in [1.807, 2.05) is 31.2 Å². The number of carbonyl (C=O) groups excluding carboxylic acids is 2. The van der Waals surface area contributed by atoms with Gasteiger partial charge in [0.25, 0.3) is 0 Å². The molecule has 0 saturated carbocycles. The summed E-state index contributed by atoms with van der Waals surface area (Å²) in [6.07, 6.45) is 2.37. The Bertz CT molecular complexity index is 673. The highest BCUT2D eigenvalue weighted by Gasteiger charge is 2.17. The molecule has 2 amide bonds. The highest BCUT2D eigenvalue weighted by atomic mass is 16.2. The fraction of sp³-hybridized carbons (Fsp3) is 0.333. The highest BCUT2D eigenvalue weighted by molar-refractivity contribution is 6.02. The lowest BCUT2D eigenvalue weighted by Crippen LogP contribution is -2.43. The predicted octanol–water partition coefficient (Wildman–Crippen LogP) is 0.963. The number of hydrogen-bond acceptors (Lipinski definition) is 4. The molecular formula is C15H20N4O2. The molecule has 1 aromatic heterocycles. The van der Waals surface area contributed by atoms with Crippen LogP contribution in [0, 0.1) is 0 Å². The van der Waals surface area contributed by atoms with Crippen LogP contribution < -0.4 is 16.8 Å². The summed E-state index contributed by atoms with van der Waals surface area (Å²) in [7, 11) is 0. The van der Waals surface area contributed by atoms with Gasteiger partial charge in [0.2, 0.25) is 5.91 Å². The number of rotatable bonds is 3. The molecule has 5 N–H and O–H groups in total. The number of fused-ring (bicyclic) bond motifs is 1. The van der Waals surface area contributed by atoms with E-state index in [1.54, 1.807) is 6.20 Å². The van der Waals surface area contributed by atoms with Crippen molar-refractivity contribution in [2.75, 3.05) is 0 Å². The third kappa shape index (κ3) is 3.29. The summed E-state index contributed by atoms with van der Waals surface area (Å²) in [5, 5.41) is 3.24. The minimum atomic E-state index is -0.737. The lowest BCUT2D eigenvalue weighted by atomic mass is 10.1. The zero-order valence-corrected chi connectivity index (χ0v) is 12.2. The van der Waals surface area contributed by atoms with Gasteiger partial charge in [-0.3, -0.25) is 14.7 Å². The van der Waals surface area contributed by atoms with E-state index in [0.29, 0.717) is 6.42 Å². The van der Waals surface area contributed by atoms with E-state index in [9.17, 15) is 9.59 Å². The van der Waals surface area contributed by atoms with Gasteiger partial charge in [-0.2, -0.15) is 0 Å². The van der Waals surface area contributed by atoms with E-state index >= 15 is 0 Å². The fourth-order valence-corrected chi connectivity index (χ4v) is 2.21. The normalized spacial score (nSPS) is 13.9. The standard InChI is InChI=1S/C15H20N4O2/c1-9(16)7-11-8-19(13-6-4-3-5-12(11)13)15(21)18-14(20)10(2)17/h3-6,8-10H,7,16-17H2,1-2H3,(H,18,20,21)/t9-,10+/m1/s1. The SMILES string of the molecule is C[C@H](N)C(=O)NC(=O)n1cc(C[C@@H](C)N)c2ccccc21. The minimum absolute atomic E-state index is 0.0157. The van der Waals surface area contributed by atoms with Gasteiger partial charge in [-0.1, -0.05) is 18.2 Å². The van der Waals surface area contributed by atoms with Crippen molar-refractivity contribution in [1.29, 1.82) is 0 Å². The third-order valence-corrected chi connectivity index (χ3v) is 3.20. The largest absolute Gasteiger partial charge is 0.332 e. The molecule has 0 radical (unpaired) electrons. The van der Waals surface area contributed by atoms with Gasteiger partial charge < -0.3 is 11.5 Å². The monoisotopic (exact) mass is 288 g/mol. The average molecular weight is 288 g/mol. The molecule has 21 heavy (non-hydrogen) atoms. The summed E-state index contributed by atoms with van der Waals surface area (Å²) in [4.78, 5) is 23.8. The topological polar surface area (TPSA) is 103 Å². The molecule has 0 saturated heterocycles. The average Bonchev–Trinajstić information content (AvgIpc) is 2.77. The number of aromatic nitrogens is 1. The van der Waals surface area contributed by atoms with Crippen LogP contribution in [0.5, 0.6) is 0 Å². The predicted molar refractivity (Wildman–Crippen MR) is 81.9 cm³/mol. The number of hydrogen-bond donors (Lipinski definition) is 3. The van der Waals surface area contributed by atoms with Crippen LogP contribution in [0.2, 0.25) is 0 Å². The van der Waals surface area contributed by atoms with Crippen LogP contribution in [0.25, 0.3) is 10.9 Å². The van der Waals surface area contributed by atoms with E-state index in [-0.39, 0.29) is 6.04 Å². The molecule has 0 aliphatic rings. The van der Waals surface area contributed by atoms with Gasteiger partial charge in [-0.05, 0) is 31.9 Å². The Morgan fingerprint density at radius 3 is 2.52 bits per heavy atom. The number of nitrogens with two attached hydrogens (primary N) is 2. The first-order valence-corrected chi connectivity index (χ1v) is 6.85. The van der Waals surface area contributed by atoms with Crippen molar-refractivity contribution in [3.8, 4) is 0 Å². The van der Waals surface area contributed by atoms with Crippen LogP contribution in [0.4, 0.5) is 4.79 Å². The van der Waals surface area contributed by atoms with Gasteiger partial charge in [0, 0.05) is 17.6 Å². The van der Waals surface area contributed by atoms with Gasteiger partial charge in [-0.25, -0.2) is 4.79 Å². The highest BCUT2D eigenvalue weighted by Crippen LogP contribution is 2.22. The number of carbonyl (C=O) groups is 2. The zero-order chi connectivity index (χ0) is 15.6. The Hall–Kier alpha value is -2.18. The number of imide groups is 1. The van der Waals surface area contributed by atoms with Gasteiger partial charge in [0.1, 0.15) is 0 Å². The molecule has 0 aliphatic carbocycles. The Morgan fingerprint density at radius 1 is 1.24 bits per heavy atom. The molecule has 2 rings (SSSR count). The van der Waals surface area contributed by atoms with Crippen molar-refractivity contribution in [3.63, 3.8) is 0 Å². The molecule has 0 aliphatic heterocycles. The van der Waals surface area contributed by atoms with Crippen molar-refractivity contribution in [3.05, 3.63) is 36.0 Å². The van der Waals surface area contributed by atoms with E-state index in [0.717, 1.165) is 16.5 Å². The second-order valence-corrected chi connectivity index (χ2v) is 5.31. The molecule has 2 atom stereocenters. The Balaban J connectivity index is 2.40. The van der Waals surface area contributed by atoms with Crippen molar-refractivity contribution in [1.82, 2.24) is 9.88 Å². The molecule has 1 aromatic carbocycles. The van der Waals surface area contributed by atoms with Crippen LogP contribution in [0.15, 0.2) is 30.5 Å². The van der Waals surface area contributed by atoms with Crippen LogP contribution in [0.3, 0.4) is 0 Å². The molecule has 6 heteroatoms. The summed E-state index contributed by atoms with van der Waals surface area (Å²) < 4.78 is 1.42. The van der Waals surface area contributed by atoms with Crippen LogP contribution in [-0.4, -0.2) is 28.6 Å². The summed E-state index contributed by atoms with van der Waals surface area (Å²) in [6, 6.07) is 6.25. The van der Waals surface area contributed by atoms with Crippen molar-refractivity contribution in [2.45, 2.75) is 32.4 Å². The third-order valence-electron chi connectivity index (χ3n) is 3.20. The van der Waals surface area contributed by atoms with Crippen molar-refractivity contribution >= 4 is 22.8 Å². The molecule has 0 spiro atoms. The first kappa shape index (κ1) is 15.2. The van der Waals surface area contributed by atoms with Gasteiger partial charge in [0.05, 0.1) is 11.6 Å². The summed E-state index contributed by atoms with van der Waals surface area (Å²) in [5.74, 6) is -0.508. The van der Waals surface area contributed by atoms with Gasteiger partial charge in [0.15, 0.2) is 0 Å². The lowest BCUT2D eigenvalue weighted by Gasteiger charge is -2.07. The van der Waals surface area contributed by atoms with Crippen LogP contribution in [0.1, 0.15) is 19.4 Å². The molecular weight excluding hydrogens is 268 g/mol. The number of nitrogens with zero attached hydrogens (tertiary/aromatic N) is 1. The maximum atomic E-state index is 12.2. The van der Waals surface area contributed by atoms with Crippen LogP contribution in [-0.2, 0) is 11.2 Å². The molecule has 2 aromatic rings. The number of nitrogens with one attached hydrogen (secondary N) is 1. The Labute approximate surface area is 123 Å². The van der Waals surface area contributed by atoms with Gasteiger partial charge >= 0.3 is 6.03 Å². The summed E-state index contributed by atoms with van der Waals surface area (Å²) in [6.45, 7) is 3.43. The molecule has 6 nitrogen and oxygen atoms in total. The quantitative estimate of drug-likeness (QED) is 0.782. The van der Waals surface area contributed by atoms with E-state index in [2.05, 4.69) is 5.32 Å². The molecule has 1 heterocycles. The lowest BCUT2D eigenvalue weighted by molar-refractivity contribution is -0.120. The first-order chi connectivity index (χ1) is 9.90. The van der Waals surface area contributed by atoms with E-state index < -0.39 is 18.0 Å². The maximum Gasteiger partial charge on any atom is 0.332 e. The Morgan fingerprint density at radius 2 is 1.90 bits per heavy atom. The second kappa shape index (κ2) is 6.07. The Kier molecular flexibility index (Phi) is 4.40. The smallest absolute Gasteiger partial charge is 0.328 e. The summed E-state index contributed by atoms with van der Waals surface area (Å²) >= 11 is 0.